The van der Waals surface area contributed by atoms with Gasteiger partial charge in [-0.1, -0.05) is 28.0 Å². The van der Waals surface area contributed by atoms with Gasteiger partial charge in [0.1, 0.15) is 17.4 Å². The van der Waals surface area contributed by atoms with Crippen LogP contribution in [0.5, 0.6) is 17.2 Å². The van der Waals surface area contributed by atoms with Crippen LogP contribution in [0.1, 0.15) is 73.2 Å². The van der Waals surface area contributed by atoms with Gasteiger partial charge in [0.05, 0.1) is 59.7 Å². The molecule has 0 fully saturated rings. The van der Waals surface area contributed by atoms with Crippen LogP contribution in [0.15, 0.2) is 82.2 Å². The Bertz CT molecular complexity index is 2120. The van der Waals surface area contributed by atoms with Gasteiger partial charge in [-0.2, -0.15) is 0 Å². The highest BCUT2D eigenvalue weighted by Gasteiger charge is 2.45. The van der Waals surface area contributed by atoms with Crippen molar-refractivity contribution >= 4 is 57.1 Å². The fourth-order valence-electron chi connectivity index (χ4n) is 6.99. The van der Waals surface area contributed by atoms with E-state index in [0.717, 1.165) is 22.6 Å². The number of carbonyl (C=O) groups is 3. The van der Waals surface area contributed by atoms with E-state index >= 15 is 0 Å². The molecule has 3 aromatic rings. The number of aromatic nitrogens is 1. The third kappa shape index (κ3) is 8.11. The molecule has 0 saturated heterocycles. The molecule has 0 saturated carbocycles. The summed E-state index contributed by atoms with van der Waals surface area (Å²) in [6, 6.07) is 11.6. The predicted octanol–water partition coefficient (Wildman–Crippen LogP) is 7.69. The van der Waals surface area contributed by atoms with Gasteiger partial charge in [0.2, 0.25) is 0 Å². The van der Waals surface area contributed by atoms with Gasteiger partial charge in [-0.3, -0.25) is 14.6 Å². The third-order valence-corrected chi connectivity index (χ3v) is 13.0. The molecule has 1 N–H and O–H groups in total. The number of hydrogen-bond donors (Lipinski definition) is 1. The minimum Gasteiger partial charge on any atom is -0.493 e. The van der Waals surface area contributed by atoms with Crippen molar-refractivity contribution in [2.75, 3.05) is 31.8 Å². The Kier molecular flexibility index (Phi) is 11.4. The fourth-order valence-corrected chi connectivity index (χ4v) is 9.02. The summed E-state index contributed by atoms with van der Waals surface area (Å²) < 4.78 is 23.3. The summed E-state index contributed by atoms with van der Waals surface area (Å²) in [5, 5.41) is 12.6. The normalized spacial score (nSPS) is 20.0. The van der Waals surface area contributed by atoms with Crippen LogP contribution in [-0.2, 0) is 4.74 Å². The van der Waals surface area contributed by atoms with Crippen molar-refractivity contribution in [3.05, 3.63) is 88.9 Å². The van der Waals surface area contributed by atoms with Gasteiger partial charge in [-0.25, -0.2) is 14.7 Å². The second-order valence-corrected chi connectivity index (χ2v) is 17.7. The summed E-state index contributed by atoms with van der Waals surface area (Å²) in [6.07, 6.45) is 6.58. The molecule has 4 aliphatic heterocycles. The van der Waals surface area contributed by atoms with Crippen LogP contribution in [0.4, 0.5) is 16.2 Å². The summed E-state index contributed by atoms with van der Waals surface area (Å²) in [6.45, 7) is 10.2. The average molecular weight is 800 g/mol. The minimum atomic E-state index is -1.38. The van der Waals surface area contributed by atoms with Crippen molar-refractivity contribution in [2.24, 2.45) is 4.99 Å². The van der Waals surface area contributed by atoms with E-state index in [-0.39, 0.29) is 48.9 Å². The van der Waals surface area contributed by atoms with Gasteiger partial charge < -0.3 is 33.9 Å². The van der Waals surface area contributed by atoms with E-state index in [1.54, 1.807) is 47.8 Å². The summed E-state index contributed by atoms with van der Waals surface area (Å²) >= 11 is 0. The molecule has 56 heavy (non-hydrogen) atoms. The molecule has 5 heterocycles. The maximum absolute atomic E-state index is 14.0. The number of aryl methyl sites for hydroxylation is 1. The van der Waals surface area contributed by atoms with Crippen LogP contribution < -0.4 is 19.1 Å². The molecule has 4 aliphatic rings. The number of benzene rings is 2. The lowest BCUT2D eigenvalue weighted by Gasteiger charge is -2.32. The fraction of sp³-hybridized carbons (Fsp3) is 0.390. The number of hydrogen-bond acceptors (Lipinski definition) is 12. The summed E-state index contributed by atoms with van der Waals surface area (Å²) in [7, 11) is 4.53. The first-order valence-electron chi connectivity index (χ1n) is 18.4. The number of fused-ring (bicyclic) bond motifs is 4. The number of aliphatic hydroxyl groups excluding tert-OH is 1. The molecular formula is C41H45N5O8S2. The summed E-state index contributed by atoms with van der Waals surface area (Å²) in [5.74, 6) is 0.852. The lowest BCUT2D eigenvalue weighted by Crippen LogP contribution is -2.51. The quantitative estimate of drug-likeness (QED) is 0.142. The maximum atomic E-state index is 14.0. The van der Waals surface area contributed by atoms with Gasteiger partial charge in [-0.15, -0.1) is 0 Å². The Balaban J connectivity index is 1.04. The lowest BCUT2D eigenvalue weighted by molar-refractivity contribution is 0.0545. The van der Waals surface area contributed by atoms with Gasteiger partial charge in [-0.05, 0) is 88.1 Å². The topological polar surface area (TPSA) is 143 Å². The molecule has 1 aromatic heterocycles. The molecule has 0 bridgehead atoms. The zero-order valence-electron chi connectivity index (χ0n) is 32.2. The van der Waals surface area contributed by atoms with Crippen molar-refractivity contribution in [1.29, 1.82) is 0 Å². The van der Waals surface area contributed by atoms with Gasteiger partial charge >= 0.3 is 6.09 Å². The maximum Gasteiger partial charge on any atom is 0.416 e. The van der Waals surface area contributed by atoms with Crippen LogP contribution in [0.3, 0.4) is 0 Å². The zero-order chi connectivity index (χ0) is 39.7. The van der Waals surface area contributed by atoms with E-state index in [1.165, 1.54) is 38.5 Å². The molecule has 3 amide bonds. The molecule has 0 spiro atoms. The number of carbonyl (C=O) groups excluding carboxylic acids is 3. The molecule has 2 aromatic carbocycles. The van der Waals surface area contributed by atoms with Gasteiger partial charge in [0, 0.05) is 43.4 Å². The monoisotopic (exact) mass is 799 g/mol. The summed E-state index contributed by atoms with van der Waals surface area (Å²) in [4.78, 5) is 54.6. The van der Waals surface area contributed by atoms with Crippen molar-refractivity contribution < 1.29 is 38.4 Å². The minimum absolute atomic E-state index is 0.0391. The van der Waals surface area contributed by atoms with E-state index in [4.69, 9.17) is 18.9 Å². The number of nitrogens with zero attached hydrogens (tertiary/aromatic N) is 5. The highest BCUT2D eigenvalue weighted by molar-refractivity contribution is 8.77. The van der Waals surface area contributed by atoms with E-state index in [2.05, 4.69) is 9.98 Å². The third-order valence-electron chi connectivity index (χ3n) is 9.79. The van der Waals surface area contributed by atoms with Crippen molar-refractivity contribution in [3.8, 4) is 17.2 Å². The van der Waals surface area contributed by atoms with Gasteiger partial charge in [0.15, 0.2) is 17.7 Å². The Morgan fingerprint density at radius 2 is 1.66 bits per heavy atom. The number of rotatable bonds is 12. The zero-order valence-corrected chi connectivity index (χ0v) is 33.8. The van der Waals surface area contributed by atoms with Gasteiger partial charge in [0.25, 0.3) is 11.8 Å². The number of anilines is 1. The number of pyridine rings is 1. The Morgan fingerprint density at radius 3 is 2.41 bits per heavy atom. The molecular weight excluding hydrogens is 755 g/mol. The first kappa shape index (κ1) is 39.3. The lowest BCUT2D eigenvalue weighted by atomic mass is 10.1. The molecule has 0 radical (unpaired) electrons. The molecule has 3 atom stereocenters. The first-order chi connectivity index (χ1) is 26.8. The van der Waals surface area contributed by atoms with Crippen LogP contribution in [0.2, 0.25) is 0 Å². The molecule has 7 rings (SSSR count). The molecule has 294 valence electrons. The summed E-state index contributed by atoms with van der Waals surface area (Å²) in [5.41, 5.74) is 4.13. The second-order valence-electron chi connectivity index (χ2n) is 14.8. The van der Waals surface area contributed by atoms with Crippen molar-refractivity contribution in [3.63, 3.8) is 0 Å². The SMILES string of the molecule is COc1cc2c(cc1OCCCOc1cc3c(cc1C)C(=O)N1C=C(C)C[C@H]1C(O)N3C(=O)OCC(C)(C)SSc1ccccn1)N=C[C@@H]1CC(C)=CN1C2=O. The van der Waals surface area contributed by atoms with E-state index in [1.807, 2.05) is 59.0 Å². The Morgan fingerprint density at radius 1 is 0.929 bits per heavy atom. The smallest absolute Gasteiger partial charge is 0.416 e. The number of amides is 3. The second kappa shape index (κ2) is 16.2. The van der Waals surface area contributed by atoms with E-state index in [0.29, 0.717) is 46.9 Å². The van der Waals surface area contributed by atoms with E-state index < -0.39 is 23.1 Å². The van der Waals surface area contributed by atoms with Crippen molar-refractivity contribution in [1.82, 2.24) is 14.8 Å². The molecule has 0 aliphatic carbocycles. The van der Waals surface area contributed by atoms with Crippen molar-refractivity contribution in [2.45, 2.75) is 82.0 Å². The molecule has 1 unspecified atom stereocenters. The number of methoxy groups -OCH3 is 1. The van der Waals surface area contributed by atoms with Crippen LogP contribution in [0.25, 0.3) is 0 Å². The molecule has 13 nitrogen and oxygen atoms in total. The first-order valence-corrected chi connectivity index (χ1v) is 20.6. The highest BCUT2D eigenvalue weighted by Crippen LogP contribution is 2.42. The average Bonchev–Trinajstić information content (AvgIpc) is 3.72. The van der Waals surface area contributed by atoms with Crippen LogP contribution >= 0.6 is 21.6 Å². The highest BCUT2D eigenvalue weighted by atomic mass is 33.1. The predicted molar refractivity (Wildman–Crippen MR) is 216 cm³/mol. The molecule has 15 heteroatoms. The number of ether oxygens (including phenoxy) is 4. The van der Waals surface area contributed by atoms with E-state index in [9.17, 15) is 19.5 Å². The number of aliphatic imine (C=N–C) groups is 1. The largest absolute Gasteiger partial charge is 0.493 e. The Hall–Kier alpha value is -4.99. The Labute approximate surface area is 334 Å². The van der Waals surface area contributed by atoms with Crippen LogP contribution in [-0.4, -0.2) is 94.0 Å². The standard InChI is InChI=1S/C41H45N5O8S2/c1-24-14-27-20-43-30-18-35(34(51-6)17-28(30)37(47)44(27)21-24)53-13-9-12-52-33-19-31-29(16-26(33)3)38(48)45-22-25(2)15-32(45)39(49)46(31)40(50)54-23-41(4,5)56-55-36-10-7-8-11-42-36/h7-8,10-11,16-22,27,32,39,49H,9,12-15,23H2,1-6H3/t27-,32-,39?/m0/s1. The van der Waals surface area contributed by atoms with Crippen LogP contribution in [0, 0.1) is 6.92 Å². The number of aliphatic hydroxyl groups is 1.